The van der Waals surface area contributed by atoms with Crippen molar-refractivity contribution in [2.45, 2.75) is 335 Å². The minimum absolute atomic E-state index is 0.0915. The first-order chi connectivity index (χ1) is 41.0. The van der Waals surface area contributed by atoms with E-state index in [9.17, 15) is 14.4 Å². The summed E-state index contributed by atoms with van der Waals surface area (Å²) in [5, 5.41) is 0. The summed E-state index contributed by atoms with van der Waals surface area (Å²) in [6.45, 7) is 6.51. The fourth-order valence-corrected chi connectivity index (χ4v) is 9.73. The van der Waals surface area contributed by atoms with Crippen molar-refractivity contribution in [2.75, 3.05) is 13.2 Å². The van der Waals surface area contributed by atoms with Crippen molar-refractivity contribution in [1.29, 1.82) is 0 Å². The van der Waals surface area contributed by atoms with E-state index in [1.54, 1.807) is 0 Å². The second kappa shape index (κ2) is 70.3. The molecule has 0 N–H and O–H groups in total. The molecule has 1 atom stereocenters. The highest BCUT2D eigenvalue weighted by atomic mass is 16.6. The molecule has 0 aliphatic carbocycles. The molecular formula is C77H130O6. The Bertz CT molecular complexity index is 1700. The van der Waals surface area contributed by atoms with Crippen molar-refractivity contribution in [3.8, 4) is 0 Å². The van der Waals surface area contributed by atoms with Crippen molar-refractivity contribution >= 4 is 17.9 Å². The van der Waals surface area contributed by atoms with Crippen LogP contribution in [0, 0.1) is 0 Å². The maximum absolute atomic E-state index is 12.9. The van der Waals surface area contributed by atoms with E-state index in [1.807, 2.05) is 0 Å². The lowest BCUT2D eigenvalue weighted by atomic mass is 10.0. The second-order valence-corrected chi connectivity index (χ2v) is 23.1. The van der Waals surface area contributed by atoms with Crippen LogP contribution in [0.4, 0.5) is 0 Å². The van der Waals surface area contributed by atoms with E-state index in [2.05, 4.69) is 142 Å². The van der Waals surface area contributed by atoms with Gasteiger partial charge < -0.3 is 14.2 Å². The summed E-state index contributed by atoms with van der Waals surface area (Å²) in [5.41, 5.74) is 0. The number of carbonyl (C=O) groups excluding carboxylic acids is 3. The van der Waals surface area contributed by atoms with Crippen LogP contribution in [0.3, 0.4) is 0 Å². The largest absolute Gasteiger partial charge is 0.462 e. The van der Waals surface area contributed by atoms with Crippen LogP contribution in [-0.4, -0.2) is 37.2 Å². The highest BCUT2D eigenvalue weighted by Gasteiger charge is 2.19. The molecule has 0 aromatic carbocycles. The molecule has 6 nitrogen and oxygen atoms in total. The lowest BCUT2D eigenvalue weighted by Gasteiger charge is -2.18. The molecule has 0 radical (unpaired) electrons. The number of esters is 3. The second-order valence-electron chi connectivity index (χ2n) is 23.1. The van der Waals surface area contributed by atoms with E-state index in [1.165, 1.54) is 167 Å². The van der Waals surface area contributed by atoms with Gasteiger partial charge in [0.05, 0.1) is 0 Å². The first-order valence-corrected chi connectivity index (χ1v) is 35.0. The lowest BCUT2D eigenvalue weighted by Crippen LogP contribution is -2.30. The molecule has 0 rings (SSSR count). The summed E-state index contributed by atoms with van der Waals surface area (Å²) < 4.78 is 16.9. The van der Waals surface area contributed by atoms with Gasteiger partial charge in [-0.3, -0.25) is 14.4 Å². The van der Waals surface area contributed by atoms with Crippen LogP contribution in [0.2, 0.25) is 0 Å². The molecule has 0 aliphatic rings. The molecule has 0 aromatic rings. The molecule has 0 heterocycles. The summed E-state index contributed by atoms with van der Waals surface area (Å²) in [6.07, 6.45) is 97.9. The van der Waals surface area contributed by atoms with Gasteiger partial charge in [0.15, 0.2) is 6.10 Å². The van der Waals surface area contributed by atoms with E-state index in [-0.39, 0.29) is 37.5 Å². The highest BCUT2D eigenvalue weighted by Crippen LogP contribution is 2.16. The maximum Gasteiger partial charge on any atom is 0.306 e. The van der Waals surface area contributed by atoms with Gasteiger partial charge in [-0.05, 0) is 116 Å². The van der Waals surface area contributed by atoms with Crippen LogP contribution in [0.15, 0.2) is 122 Å². The van der Waals surface area contributed by atoms with Crippen molar-refractivity contribution in [2.24, 2.45) is 0 Å². The Balaban J connectivity index is 4.37. The average molecular weight is 1150 g/mol. The molecule has 0 saturated heterocycles. The minimum Gasteiger partial charge on any atom is -0.462 e. The zero-order valence-electron chi connectivity index (χ0n) is 54.4. The van der Waals surface area contributed by atoms with E-state index >= 15 is 0 Å². The summed E-state index contributed by atoms with van der Waals surface area (Å²) in [5.74, 6) is -0.916. The summed E-state index contributed by atoms with van der Waals surface area (Å²) in [4.78, 5) is 38.4. The molecule has 1 unspecified atom stereocenters. The molecule has 6 heteroatoms. The number of allylic oxidation sites excluding steroid dienone is 20. The maximum atomic E-state index is 12.9. The predicted octanol–water partition coefficient (Wildman–Crippen LogP) is 24.3. The molecule has 0 saturated carbocycles. The Morgan fingerprint density at radius 3 is 0.747 bits per heavy atom. The number of hydrogen-bond donors (Lipinski definition) is 0. The first kappa shape index (κ1) is 78.8. The van der Waals surface area contributed by atoms with Gasteiger partial charge >= 0.3 is 17.9 Å². The fraction of sp³-hybridized carbons (Fsp3) is 0.701. The van der Waals surface area contributed by atoms with Gasteiger partial charge in [0.1, 0.15) is 13.2 Å². The number of ether oxygens (including phenoxy) is 3. The third-order valence-corrected chi connectivity index (χ3v) is 15.0. The monoisotopic (exact) mass is 1150 g/mol. The third-order valence-electron chi connectivity index (χ3n) is 15.0. The predicted molar refractivity (Wildman–Crippen MR) is 362 cm³/mol. The molecule has 0 spiro atoms. The minimum atomic E-state index is -0.800. The Morgan fingerprint density at radius 2 is 0.470 bits per heavy atom. The topological polar surface area (TPSA) is 78.9 Å². The Labute approximate surface area is 513 Å². The van der Waals surface area contributed by atoms with Gasteiger partial charge in [-0.1, -0.05) is 316 Å². The van der Waals surface area contributed by atoms with Gasteiger partial charge in [0.2, 0.25) is 0 Å². The molecule has 83 heavy (non-hydrogen) atoms. The standard InChI is InChI=1S/C77H130O6/c1-4-7-10-13-16-19-22-25-27-29-31-33-35-37-38-40-41-43-45-47-49-52-55-58-61-64-67-70-76(79)82-73-74(72-81-75(78)69-66-63-60-57-54-51-24-21-18-15-12-9-6-3)83-77(80)71-68-65-62-59-56-53-50-48-46-44-42-39-36-34-32-30-28-26-23-20-17-14-11-8-5-2/h8,11,17,20,22,25-26,28-29,31-32,34-35,37,39,42,46,48,53,56,74H,4-7,9-10,12-16,18-19,21,23-24,27,30,33,36,38,40-41,43-45,47,49-52,54-55,57-73H2,1-3H3/b11-8-,20-17-,25-22-,28-26-,31-29-,34-32-,37-35-,42-39-,48-46-,56-53-. The van der Waals surface area contributed by atoms with Gasteiger partial charge in [-0.2, -0.15) is 0 Å². The fourth-order valence-electron chi connectivity index (χ4n) is 9.73. The van der Waals surface area contributed by atoms with Crippen molar-refractivity contribution in [3.05, 3.63) is 122 Å². The van der Waals surface area contributed by atoms with Gasteiger partial charge in [0, 0.05) is 19.3 Å². The van der Waals surface area contributed by atoms with Crippen molar-refractivity contribution < 1.29 is 28.6 Å². The first-order valence-electron chi connectivity index (χ1n) is 35.0. The molecule has 0 amide bonds. The number of carbonyl (C=O) groups is 3. The normalized spacial score (nSPS) is 12.9. The molecule has 0 bridgehead atoms. The zero-order valence-corrected chi connectivity index (χ0v) is 54.4. The van der Waals surface area contributed by atoms with Gasteiger partial charge in [0.25, 0.3) is 0 Å². The van der Waals surface area contributed by atoms with Gasteiger partial charge in [-0.25, -0.2) is 0 Å². The average Bonchev–Trinajstić information content (AvgIpc) is 3.49. The van der Waals surface area contributed by atoms with Crippen LogP contribution >= 0.6 is 0 Å². The quantitative estimate of drug-likeness (QED) is 0.0261. The molecule has 474 valence electrons. The Hall–Kier alpha value is -4.19. The summed E-state index contributed by atoms with van der Waals surface area (Å²) in [6, 6.07) is 0. The third kappa shape index (κ3) is 68.5. The number of rotatable bonds is 63. The van der Waals surface area contributed by atoms with E-state index in [4.69, 9.17) is 14.2 Å². The van der Waals surface area contributed by atoms with Gasteiger partial charge in [-0.15, -0.1) is 0 Å². The van der Waals surface area contributed by atoms with Crippen LogP contribution in [-0.2, 0) is 28.6 Å². The van der Waals surface area contributed by atoms with E-state index < -0.39 is 6.10 Å². The number of hydrogen-bond acceptors (Lipinski definition) is 6. The summed E-state index contributed by atoms with van der Waals surface area (Å²) in [7, 11) is 0. The van der Waals surface area contributed by atoms with Crippen molar-refractivity contribution in [3.63, 3.8) is 0 Å². The molecule has 0 aliphatic heterocycles. The van der Waals surface area contributed by atoms with Crippen LogP contribution in [0.1, 0.15) is 329 Å². The Morgan fingerprint density at radius 1 is 0.253 bits per heavy atom. The Kier molecular flexibility index (Phi) is 66.7. The highest BCUT2D eigenvalue weighted by molar-refractivity contribution is 5.71. The SMILES string of the molecule is CC/C=C\C/C=C\C/C=C\C/C=C\C/C=C\C/C=C\C/C=C\CCCCCC(=O)OC(COC(=O)CCCCCCCCCCCCCCC)COC(=O)CCCCCCCCCCCCCC/C=C\C/C=C\C/C=C\CCCCCCC. The summed E-state index contributed by atoms with van der Waals surface area (Å²) >= 11 is 0. The molecular weight excluding hydrogens is 1020 g/mol. The molecule has 0 fully saturated rings. The number of unbranched alkanes of at least 4 members (excludes halogenated alkanes) is 32. The van der Waals surface area contributed by atoms with Crippen molar-refractivity contribution in [1.82, 2.24) is 0 Å². The zero-order chi connectivity index (χ0) is 59.9. The van der Waals surface area contributed by atoms with Crippen LogP contribution in [0.25, 0.3) is 0 Å². The molecule has 0 aromatic heterocycles. The lowest BCUT2D eigenvalue weighted by molar-refractivity contribution is -0.167. The van der Waals surface area contributed by atoms with E-state index in [0.29, 0.717) is 12.8 Å². The van der Waals surface area contributed by atoms with E-state index in [0.717, 1.165) is 122 Å². The van der Waals surface area contributed by atoms with Crippen LogP contribution in [0.5, 0.6) is 0 Å². The smallest absolute Gasteiger partial charge is 0.306 e. The van der Waals surface area contributed by atoms with Crippen LogP contribution < -0.4 is 0 Å².